The second-order valence-electron chi connectivity index (χ2n) is 4.23. The number of carbonyl (C=O) groups excluding carboxylic acids is 2. The maximum Gasteiger partial charge on any atom is 0.415 e. The average Bonchev–Trinajstić information content (AvgIpc) is 2.65. The molecule has 0 unspecified atom stereocenters. The Hall–Kier alpha value is -1.70. The quantitative estimate of drug-likeness (QED) is 0.800. The summed E-state index contributed by atoms with van der Waals surface area (Å²) in [4.78, 5) is 22.0. The van der Waals surface area contributed by atoms with E-state index in [2.05, 4.69) is 20.3 Å². The number of urea groups is 1. The van der Waals surface area contributed by atoms with Gasteiger partial charge in [-0.15, -0.1) is 10.2 Å². The van der Waals surface area contributed by atoms with Gasteiger partial charge < -0.3 is 4.74 Å². The number of methoxy groups -OCH3 is 1. The van der Waals surface area contributed by atoms with Gasteiger partial charge in [0.05, 0.1) is 7.11 Å². The number of carbonyl (C=O) groups is 2. The maximum absolute atomic E-state index is 11.3. The zero-order valence-corrected chi connectivity index (χ0v) is 10.8. The van der Waals surface area contributed by atoms with Crippen LogP contribution in [0.1, 0.15) is 25.8 Å². The van der Waals surface area contributed by atoms with E-state index in [-0.39, 0.29) is 5.41 Å². The topological polar surface area (TPSA) is 93.2 Å². The van der Waals surface area contributed by atoms with Crippen molar-refractivity contribution in [2.24, 2.45) is 0 Å². The van der Waals surface area contributed by atoms with Crippen LogP contribution in [0.15, 0.2) is 0 Å². The van der Waals surface area contributed by atoms with Crippen molar-refractivity contribution in [3.63, 3.8) is 0 Å². The highest BCUT2D eigenvalue weighted by atomic mass is 32.1. The van der Waals surface area contributed by atoms with Crippen LogP contribution in [0, 0.1) is 0 Å². The van der Waals surface area contributed by atoms with E-state index in [9.17, 15) is 9.59 Å². The van der Waals surface area contributed by atoms with Crippen molar-refractivity contribution in [3.05, 3.63) is 5.01 Å². The zero-order chi connectivity index (χ0) is 13.1. The SMILES string of the molecule is COC(=O)NC(=O)Nc1nnc(C(C)(C)C)s1. The molecule has 8 heteroatoms. The Labute approximate surface area is 103 Å². The number of hydrogen-bond donors (Lipinski definition) is 2. The molecule has 0 saturated carbocycles. The summed E-state index contributed by atoms with van der Waals surface area (Å²) in [5, 5.41) is 13.2. The maximum atomic E-state index is 11.3. The molecule has 7 nitrogen and oxygen atoms in total. The summed E-state index contributed by atoms with van der Waals surface area (Å²) in [6, 6.07) is -0.701. The molecule has 1 aromatic heterocycles. The molecule has 1 rings (SSSR count). The van der Waals surface area contributed by atoms with E-state index in [0.717, 1.165) is 5.01 Å². The van der Waals surface area contributed by atoms with Gasteiger partial charge in [0.25, 0.3) is 0 Å². The lowest BCUT2D eigenvalue weighted by Crippen LogP contribution is -2.34. The summed E-state index contributed by atoms with van der Waals surface area (Å²) < 4.78 is 4.27. The monoisotopic (exact) mass is 258 g/mol. The smallest absolute Gasteiger partial charge is 0.415 e. The highest BCUT2D eigenvalue weighted by molar-refractivity contribution is 7.15. The summed E-state index contributed by atoms with van der Waals surface area (Å²) in [7, 11) is 1.17. The highest BCUT2D eigenvalue weighted by Crippen LogP contribution is 2.27. The van der Waals surface area contributed by atoms with Crippen LogP contribution in [0.25, 0.3) is 0 Å². The predicted octanol–water partition coefficient (Wildman–Crippen LogP) is 1.72. The number of amides is 3. The first-order valence-corrected chi connectivity index (χ1v) is 5.64. The Kier molecular flexibility index (Phi) is 4.00. The number of nitrogens with one attached hydrogen (secondary N) is 2. The molecule has 0 aliphatic carbocycles. The summed E-state index contributed by atoms with van der Waals surface area (Å²) in [5.41, 5.74) is -0.129. The number of nitrogens with zero attached hydrogens (tertiary/aromatic N) is 2. The largest absolute Gasteiger partial charge is 0.453 e. The van der Waals surface area contributed by atoms with Gasteiger partial charge >= 0.3 is 12.1 Å². The number of hydrogen-bond acceptors (Lipinski definition) is 6. The molecule has 0 fully saturated rings. The Balaban J connectivity index is 2.61. The van der Waals surface area contributed by atoms with Crippen molar-refractivity contribution >= 4 is 28.6 Å². The molecular weight excluding hydrogens is 244 g/mol. The lowest BCUT2D eigenvalue weighted by atomic mass is 9.98. The van der Waals surface area contributed by atoms with E-state index in [1.807, 2.05) is 26.1 Å². The van der Waals surface area contributed by atoms with Gasteiger partial charge in [-0.3, -0.25) is 5.32 Å². The number of rotatable bonds is 1. The first kappa shape index (κ1) is 13.4. The van der Waals surface area contributed by atoms with E-state index < -0.39 is 12.1 Å². The first-order chi connectivity index (χ1) is 7.82. The third-order valence-corrected chi connectivity index (χ3v) is 2.95. The van der Waals surface area contributed by atoms with E-state index in [4.69, 9.17) is 0 Å². The fourth-order valence-corrected chi connectivity index (χ4v) is 1.65. The highest BCUT2D eigenvalue weighted by Gasteiger charge is 2.20. The molecule has 1 aromatic rings. The Morgan fingerprint density at radius 1 is 1.29 bits per heavy atom. The van der Waals surface area contributed by atoms with Crippen molar-refractivity contribution in [1.82, 2.24) is 15.5 Å². The number of imide groups is 1. The second-order valence-corrected chi connectivity index (χ2v) is 5.21. The van der Waals surface area contributed by atoms with Crippen molar-refractivity contribution < 1.29 is 14.3 Å². The van der Waals surface area contributed by atoms with E-state index in [0.29, 0.717) is 5.13 Å². The van der Waals surface area contributed by atoms with Gasteiger partial charge in [-0.05, 0) is 0 Å². The number of aromatic nitrogens is 2. The van der Waals surface area contributed by atoms with Crippen LogP contribution in [0.5, 0.6) is 0 Å². The molecule has 0 saturated heterocycles. The molecule has 94 valence electrons. The zero-order valence-electron chi connectivity index (χ0n) is 10.0. The lowest BCUT2D eigenvalue weighted by molar-refractivity contribution is 0.172. The molecule has 0 aliphatic heterocycles. The van der Waals surface area contributed by atoms with Crippen molar-refractivity contribution in [2.75, 3.05) is 12.4 Å². The molecular formula is C9H14N4O3S. The standard InChI is InChI=1S/C9H14N4O3S/c1-9(2,3)5-12-13-7(17-5)10-6(14)11-8(15)16-4/h1-4H3,(H2,10,11,13,14,15). The van der Waals surface area contributed by atoms with Gasteiger partial charge in [-0.2, -0.15) is 0 Å². The number of alkyl carbamates (subject to hydrolysis) is 1. The van der Waals surface area contributed by atoms with Crippen molar-refractivity contribution in [2.45, 2.75) is 26.2 Å². The molecule has 0 atom stereocenters. The van der Waals surface area contributed by atoms with Gasteiger partial charge in [0.15, 0.2) is 0 Å². The van der Waals surface area contributed by atoms with Crippen molar-refractivity contribution in [1.29, 1.82) is 0 Å². The molecule has 0 aliphatic rings. The normalized spacial score (nSPS) is 10.8. The summed E-state index contributed by atoms with van der Waals surface area (Å²) >= 11 is 1.26. The van der Waals surface area contributed by atoms with Crippen LogP contribution >= 0.6 is 11.3 Å². The van der Waals surface area contributed by atoms with Crippen LogP contribution in [0.3, 0.4) is 0 Å². The van der Waals surface area contributed by atoms with Crippen LogP contribution in [-0.2, 0) is 10.2 Å². The van der Waals surface area contributed by atoms with Gasteiger partial charge in [0.1, 0.15) is 5.01 Å². The number of anilines is 1. The summed E-state index contributed by atoms with van der Waals surface area (Å²) in [6.07, 6.45) is -0.830. The molecule has 0 aromatic carbocycles. The van der Waals surface area contributed by atoms with Crippen LogP contribution in [-0.4, -0.2) is 29.4 Å². The minimum atomic E-state index is -0.830. The molecule has 2 N–H and O–H groups in total. The number of ether oxygens (including phenoxy) is 1. The molecule has 17 heavy (non-hydrogen) atoms. The summed E-state index contributed by atoms with van der Waals surface area (Å²) in [5.74, 6) is 0. The average molecular weight is 258 g/mol. The van der Waals surface area contributed by atoms with Crippen LogP contribution < -0.4 is 10.6 Å². The van der Waals surface area contributed by atoms with E-state index in [1.54, 1.807) is 0 Å². The molecule has 3 amide bonds. The van der Waals surface area contributed by atoms with Crippen LogP contribution in [0.4, 0.5) is 14.7 Å². The minimum absolute atomic E-state index is 0.129. The Morgan fingerprint density at radius 2 is 1.94 bits per heavy atom. The fourth-order valence-electron chi connectivity index (χ4n) is 0.849. The predicted molar refractivity (Wildman–Crippen MR) is 63.2 cm³/mol. The van der Waals surface area contributed by atoms with E-state index in [1.165, 1.54) is 18.4 Å². The first-order valence-electron chi connectivity index (χ1n) is 4.83. The second kappa shape index (κ2) is 5.09. The van der Waals surface area contributed by atoms with E-state index >= 15 is 0 Å². The Bertz CT molecular complexity index is 424. The molecule has 1 heterocycles. The lowest BCUT2D eigenvalue weighted by Gasteiger charge is -2.12. The van der Waals surface area contributed by atoms with Crippen LogP contribution in [0.2, 0.25) is 0 Å². The third kappa shape index (κ3) is 3.99. The molecule has 0 radical (unpaired) electrons. The minimum Gasteiger partial charge on any atom is -0.453 e. The third-order valence-electron chi connectivity index (χ3n) is 1.69. The van der Waals surface area contributed by atoms with Gasteiger partial charge in [0.2, 0.25) is 5.13 Å². The summed E-state index contributed by atoms with van der Waals surface area (Å²) in [6.45, 7) is 5.98. The van der Waals surface area contributed by atoms with Gasteiger partial charge in [-0.25, -0.2) is 14.9 Å². The fraction of sp³-hybridized carbons (Fsp3) is 0.556. The molecule has 0 bridgehead atoms. The van der Waals surface area contributed by atoms with Gasteiger partial charge in [-0.1, -0.05) is 32.1 Å². The van der Waals surface area contributed by atoms with Gasteiger partial charge in [0, 0.05) is 5.41 Å². The van der Waals surface area contributed by atoms with Crippen molar-refractivity contribution in [3.8, 4) is 0 Å². The Morgan fingerprint density at radius 3 is 2.41 bits per heavy atom. The molecule has 0 spiro atoms.